The van der Waals surface area contributed by atoms with Crippen molar-refractivity contribution >= 4 is 0 Å². The molecule has 3 heteroatoms. The van der Waals surface area contributed by atoms with Crippen LogP contribution in [0.3, 0.4) is 0 Å². The maximum absolute atomic E-state index is 5.65. The van der Waals surface area contributed by atoms with Crippen LogP contribution in [0.2, 0.25) is 0 Å². The fourth-order valence-electron chi connectivity index (χ4n) is 1.73. The molecular weight excluding hydrogens is 240 g/mol. The summed E-state index contributed by atoms with van der Waals surface area (Å²) in [5.41, 5.74) is 2.32. The molecule has 100 valence electrons. The molecule has 0 spiro atoms. The summed E-state index contributed by atoms with van der Waals surface area (Å²) in [5, 5.41) is 0. The summed E-state index contributed by atoms with van der Waals surface area (Å²) in [4.78, 5) is 0. The Hall–Kier alpha value is -1.84. The Morgan fingerprint density at radius 3 is 1.79 bits per heavy atom. The van der Waals surface area contributed by atoms with E-state index in [2.05, 4.69) is 12.1 Å². The van der Waals surface area contributed by atoms with Gasteiger partial charge in [0.15, 0.2) is 0 Å². The molecule has 0 unspecified atom stereocenters. The first-order valence-corrected chi connectivity index (χ1v) is 6.12. The highest BCUT2D eigenvalue weighted by molar-refractivity contribution is 5.63. The molecule has 0 heterocycles. The van der Waals surface area contributed by atoms with E-state index < -0.39 is 5.97 Å². The number of hydrogen-bond donors (Lipinski definition) is 0. The summed E-state index contributed by atoms with van der Waals surface area (Å²) in [6, 6.07) is 18.0. The Morgan fingerprint density at radius 2 is 1.26 bits per heavy atom. The highest BCUT2D eigenvalue weighted by Gasteiger charge is 2.24. The molecule has 0 amide bonds. The van der Waals surface area contributed by atoms with E-state index in [-0.39, 0.29) is 0 Å². The smallest absolute Gasteiger partial charge is 0.323 e. The second-order valence-electron chi connectivity index (χ2n) is 4.26. The van der Waals surface area contributed by atoms with Crippen LogP contribution < -0.4 is 4.74 Å². The summed E-state index contributed by atoms with van der Waals surface area (Å²) in [5.74, 6) is -0.361. The zero-order valence-electron chi connectivity index (χ0n) is 11.4. The fraction of sp³-hybridized carbons (Fsp3) is 0.250. The van der Waals surface area contributed by atoms with Crippen LogP contribution >= 0.6 is 0 Å². The molecular formula is C16H18O3. The Labute approximate surface area is 113 Å². The number of rotatable bonds is 5. The second-order valence-corrected chi connectivity index (χ2v) is 4.26. The van der Waals surface area contributed by atoms with Crippen molar-refractivity contribution in [1.29, 1.82) is 0 Å². The molecule has 0 saturated heterocycles. The maximum atomic E-state index is 5.65. The molecule has 2 aromatic carbocycles. The van der Waals surface area contributed by atoms with Gasteiger partial charge in [0.25, 0.3) is 0 Å². The van der Waals surface area contributed by atoms with Crippen LogP contribution in [0.4, 0.5) is 0 Å². The van der Waals surface area contributed by atoms with Crippen molar-refractivity contribution in [3.8, 4) is 16.9 Å². The van der Waals surface area contributed by atoms with E-state index in [0.717, 1.165) is 5.56 Å². The molecule has 0 N–H and O–H groups in total. The van der Waals surface area contributed by atoms with Gasteiger partial charge in [-0.1, -0.05) is 42.5 Å². The van der Waals surface area contributed by atoms with Gasteiger partial charge in [0.05, 0.1) is 0 Å². The monoisotopic (exact) mass is 258 g/mol. The third kappa shape index (κ3) is 3.34. The third-order valence-electron chi connectivity index (χ3n) is 3.01. The van der Waals surface area contributed by atoms with Gasteiger partial charge in [-0.2, -0.15) is 0 Å². The Balaban J connectivity index is 2.15. The summed E-state index contributed by atoms with van der Waals surface area (Å²) in [6.07, 6.45) is 0. The van der Waals surface area contributed by atoms with Crippen LogP contribution in [0.5, 0.6) is 5.75 Å². The lowest BCUT2D eigenvalue weighted by atomic mass is 10.1. The van der Waals surface area contributed by atoms with Crippen molar-refractivity contribution in [1.82, 2.24) is 0 Å². The SMILES string of the molecule is COC(C)(OC)Oc1ccc(-c2ccccc2)cc1. The maximum Gasteiger partial charge on any atom is 0.323 e. The van der Waals surface area contributed by atoms with Crippen molar-refractivity contribution in [2.24, 2.45) is 0 Å². The molecule has 0 saturated carbocycles. The molecule has 0 bridgehead atoms. The van der Waals surface area contributed by atoms with Crippen molar-refractivity contribution in [2.75, 3.05) is 14.2 Å². The minimum absolute atomic E-state index is 0.700. The molecule has 2 rings (SSSR count). The molecule has 0 aliphatic heterocycles. The number of hydrogen-bond acceptors (Lipinski definition) is 3. The molecule has 0 aliphatic carbocycles. The van der Waals surface area contributed by atoms with Crippen molar-refractivity contribution < 1.29 is 14.2 Å². The lowest BCUT2D eigenvalue weighted by Gasteiger charge is -2.26. The Bertz CT molecular complexity index is 501. The van der Waals surface area contributed by atoms with Crippen molar-refractivity contribution in [3.63, 3.8) is 0 Å². The van der Waals surface area contributed by atoms with Crippen molar-refractivity contribution in [2.45, 2.75) is 12.9 Å². The van der Waals surface area contributed by atoms with Crippen LogP contribution in [0.25, 0.3) is 11.1 Å². The van der Waals surface area contributed by atoms with E-state index in [1.807, 2.05) is 42.5 Å². The molecule has 0 radical (unpaired) electrons. The highest BCUT2D eigenvalue weighted by atomic mass is 16.9. The average Bonchev–Trinajstić information content (AvgIpc) is 2.49. The predicted molar refractivity (Wildman–Crippen MR) is 74.9 cm³/mol. The quantitative estimate of drug-likeness (QED) is 0.765. The normalized spacial score (nSPS) is 11.3. The summed E-state index contributed by atoms with van der Waals surface area (Å²) in [6.45, 7) is 1.72. The molecule has 19 heavy (non-hydrogen) atoms. The minimum Gasteiger partial charge on any atom is -0.439 e. The van der Waals surface area contributed by atoms with E-state index in [1.54, 1.807) is 21.1 Å². The molecule has 0 fully saturated rings. The first-order chi connectivity index (χ1) is 9.17. The van der Waals surface area contributed by atoms with Crippen LogP contribution in [-0.2, 0) is 9.47 Å². The summed E-state index contributed by atoms with van der Waals surface area (Å²) < 4.78 is 16.0. The molecule has 3 nitrogen and oxygen atoms in total. The Kier molecular flexibility index (Phi) is 4.20. The first-order valence-electron chi connectivity index (χ1n) is 6.12. The first kappa shape index (κ1) is 13.6. The largest absolute Gasteiger partial charge is 0.439 e. The second kappa shape index (κ2) is 5.87. The zero-order valence-corrected chi connectivity index (χ0v) is 11.4. The van der Waals surface area contributed by atoms with Gasteiger partial charge < -0.3 is 14.2 Å². The number of methoxy groups -OCH3 is 2. The molecule has 2 aromatic rings. The fourth-order valence-corrected chi connectivity index (χ4v) is 1.73. The standard InChI is InChI=1S/C16H18O3/c1-16(17-2,18-3)19-15-11-9-14(10-12-15)13-7-5-4-6-8-13/h4-12H,1-3H3. The number of benzene rings is 2. The lowest BCUT2D eigenvalue weighted by Crippen LogP contribution is -2.36. The van der Waals surface area contributed by atoms with E-state index >= 15 is 0 Å². The topological polar surface area (TPSA) is 27.7 Å². The minimum atomic E-state index is -1.06. The van der Waals surface area contributed by atoms with E-state index in [1.165, 1.54) is 5.56 Å². The summed E-state index contributed by atoms with van der Waals surface area (Å²) >= 11 is 0. The van der Waals surface area contributed by atoms with Gasteiger partial charge in [-0.15, -0.1) is 0 Å². The van der Waals surface area contributed by atoms with E-state index in [9.17, 15) is 0 Å². The number of ether oxygens (including phenoxy) is 3. The Morgan fingerprint density at radius 1 is 0.737 bits per heavy atom. The third-order valence-corrected chi connectivity index (χ3v) is 3.01. The average molecular weight is 258 g/mol. The van der Waals surface area contributed by atoms with Gasteiger partial charge in [0.2, 0.25) is 0 Å². The van der Waals surface area contributed by atoms with Crippen LogP contribution in [0.15, 0.2) is 54.6 Å². The summed E-state index contributed by atoms with van der Waals surface area (Å²) in [7, 11) is 3.09. The van der Waals surface area contributed by atoms with E-state index in [4.69, 9.17) is 14.2 Å². The van der Waals surface area contributed by atoms with Crippen molar-refractivity contribution in [3.05, 3.63) is 54.6 Å². The predicted octanol–water partition coefficient (Wildman–Crippen LogP) is 3.70. The van der Waals surface area contributed by atoms with Gasteiger partial charge in [-0.25, -0.2) is 0 Å². The molecule has 0 aromatic heterocycles. The van der Waals surface area contributed by atoms with Gasteiger partial charge >= 0.3 is 5.97 Å². The van der Waals surface area contributed by atoms with Crippen LogP contribution in [0, 0.1) is 0 Å². The molecule has 0 atom stereocenters. The van der Waals surface area contributed by atoms with Crippen LogP contribution in [0.1, 0.15) is 6.92 Å². The highest BCUT2D eigenvalue weighted by Crippen LogP contribution is 2.24. The molecule has 0 aliphatic rings. The van der Waals surface area contributed by atoms with Gasteiger partial charge in [0, 0.05) is 21.1 Å². The van der Waals surface area contributed by atoms with E-state index in [0.29, 0.717) is 5.75 Å². The van der Waals surface area contributed by atoms with Gasteiger partial charge in [-0.05, 0) is 23.3 Å². The zero-order chi connectivity index (χ0) is 13.7. The van der Waals surface area contributed by atoms with Gasteiger partial charge in [0.1, 0.15) is 5.75 Å². The van der Waals surface area contributed by atoms with Crippen LogP contribution in [-0.4, -0.2) is 20.2 Å². The lowest BCUT2D eigenvalue weighted by molar-refractivity contribution is -0.309. The van der Waals surface area contributed by atoms with Gasteiger partial charge in [-0.3, -0.25) is 0 Å².